The van der Waals surface area contributed by atoms with E-state index in [0.717, 1.165) is 0 Å². The van der Waals surface area contributed by atoms with Gasteiger partial charge in [-0.1, -0.05) is 23.9 Å². The van der Waals surface area contributed by atoms with E-state index in [4.69, 9.17) is 5.11 Å². The molecule has 0 saturated heterocycles. The van der Waals surface area contributed by atoms with E-state index in [1.807, 2.05) is 0 Å². The van der Waals surface area contributed by atoms with Gasteiger partial charge in [-0.25, -0.2) is 14.2 Å². The molecule has 0 bridgehead atoms. The van der Waals surface area contributed by atoms with Gasteiger partial charge in [-0.05, 0) is 18.4 Å². The number of halogens is 1. The van der Waals surface area contributed by atoms with Gasteiger partial charge in [0.05, 0.1) is 0 Å². The first-order valence-electron chi connectivity index (χ1n) is 4.75. The number of nitrogens with one attached hydrogen (secondary N) is 1. The Morgan fingerprint density at radius 3 is 2.76 bits per heavy atom. The van der Waals surface area contributed by atoms with Crippen molar-refractivity contribution in [3.63, 3.8) is 0 Å². The van der Waals surface area contributed by atoms with Gasteiger partial charge in [-0.2, -0.15) is 0 Å². The number of aromatic nitrogens is 2. The number of rotatable bonds is 3. The number of hydrogen-bond acceptors (Lipinski definition) is 3. The van der Waals surface area contributed by atoms with Gasteiger partial charge in [0.25, 0.3) is 0 Å². The molecule has 4 nitrogen and oxygen atoms in total. The van der Waals surface area contributed by atoms with Crippen LogP contribution in [0, 0.1) is 5.82 Å². The fraction of sp³-hybridized carbons (Fsp3) is 0.0909. The van der Waals surface area contributed by atoms with Crippen LogP contribution in [0.25, 0.3) is 11.3 Å². The van der Waals surface area contributed by atoms with Crippen LogP contribution in [0.15, 0.2) is 29.4 Å². The van der Waals surface area contributed by atoms with Crippen LogP contribution in [-0.2, 0) is 0 Å². The maximum atomic E-state index is 13.6. The van der Waals surface area contributed by atoms with E-state index in [-0.39, 0.29) is 17.0 Å². The van der Waals surface area contributed by atoms with Crippen LogP contribution in [0.4, 0.5) is 4.39 Å². The maximum absolute atomic E-state index is 13.6. The van der Waals surface area contributed by atoms with Gasteiger partial charge in [0, 0.05) is 5.56 Å². The van der Waals surface area contributed by atoms with Crippen molar-refractivity contribution in [1.82, 2.24) is 9.97 Å². The molecule has 0 aliphatic heterocycles. The van der Waals surface area contributed by atoms with Crippen LogP contribution >= 0.6 is 11.8 Å². The van der Waals surface area contributed by atoms with E-state index in [1.165, 1.54) is 23.9 Å². The highest BCUT2D eigenvalue weighted by molar-refractivity contribution is 7.98. The van der Waals surface area contributed by atoms with Crippen molar-refractivity contribution in [2.24, 2.45) is 0 Å². The molecule has 0 amide bonds. The highest BCUT2D eigenvalue weighted by Crippen LogP contribution is 2.26. The third kappa shape index (κ3) is 2.16. The maximum Gasteiger partial charge on any atom is 0.354 e. The molecule has 0 spiro atoms. The van der Waals surface area contributed by atoms with E-state index >= 15 is 0 Å². The van der Waals surface area contributed by atoms with Gasteiger partial charge in [0.2, 0.25) is 0 Å². The summed E-state index contributed by atoms with van der Waals surface area (Å²) in [5.74, 6) is -1.65. The Balaban J connectivity index is 2.62. The number of carboxylic acid groups (broad SMARTS) is 1. The summed E-state index contributed by atoms with van der Waals surface area (Å²) >= 11 is 1.27. The van der Waals surface area contributed by atoms with Crippen molar-refractivity contribution in [3.8, 4) is 11.3 Å². The number of aromatic carboxylic acids is 1. The molecular weight excluding hydrogens is 243 g/mol. The number of hydrogen-bond donors (Lipinski definition) is 2. The van der Waals surface area contributed by atoms with Gasteiger partial charge < -0.3 is 10.1 Å². The number of nitrogens with zero attached hydrogens (tertiary/aromatic N) is 1. The quantitative estimate of drug-likeness (QED) is 0.824. The fourth-order valence-corrected chi connectivity index (χ4v) is 1.84. The zero-order chi connectivity index (χ0) is 12.4. The molecule has 17 heavy (non-hydrogen) atoms. The first-order valence-corrected chi connectivity index (χ1v) is 5.98. The van der Waals surface area contributed by atoms with E-state index in [0.29, 0.717) is 5.16 Å². The third-order valence-corrected chi connectivity index (χ3v) is 2.80. The average Bonchev–Trinajstić information content (AvgIpc) is 2.73. The van der Waals surface area contributed by atoms with Crippen LogP contribution in [-0.4, -0.2) is 27.3 Å². The second kappa shape index (κ2) is 4.58. The zero-order valence-electron chi connectivity index (χ0n) is 8.90. The third-order valence-electron chi connectivity index (χ3n) is 2.22. The average molecular weight is 252 g/mol. The minimum absolute atomic E-state index is 0.0977. The summed E-state index contributed by atoms with van der Waals surface area (Å²) in [6.07, 6.45) is 1.76. The minimum atomic E-state index is -1.16. The normalized spacial score (nSPS) is 10.5. The molecule has 1 heterocycles. The summed E-state index contributed by atoms with van der Waals surface area (Å²) < 4.78 is 13.6. The molecule has 0 radical (unpaired) electrons. The van der Waals surface area contributed by atoms with Crippen molar-refractivity contribution in [3.05, 3.63) is 35.8 Å². The van der Waals surface area contributed by atoms with E-state index in [1.54, 1.807) is 18.4 Å². The lowest BCUT2D eigenvalue weighted by atomic mass is 10.1. The zero-order valence-corrected chi connectivity index (χ0v) is 9.71. The first kappa shape index (κ1) is 11.7. The Hall–Kier alpha value is -1.82. The molecule has 6 heteroatoms. The number of carbonyl (C=O) groups is 1. The van der Waals surface area contributed by atoms with Gasteiger partial charge >= 0.3 is 5.97 Å². The monoisotopic (exact) mass is 252 g/mol. The summed E-state index contributed by atoms with van der Waals surface area (Å²) in [4.78, 5) is 17.7. The predicted octanol–water partition coefficient (Wildman–Crippen LogP) is 2.64. The Bertz CT molecular complexity index is 568. The standard InChI is InChI=1S/C11H9FN2O2S/c1-17-11-13-8(9(14-11)10(15)16)6-4-2-3-5-7(6)12/h2-5H,1H3,(H,13,14)(H,15,16). The highest BCUT2D eigenvalue weighted by atomic mass is 32.2. The molecule has 0 fully saturated rings. The van der Waals surface area contributed by atoms with Crippen molar-refractivity contribution >= 4 is 17.7 Å². The summed E-state index contributed by atoms with van der Waals surface area (Å²) in [6.45, 7) is 0. The van der Waals surface area contributed by atoms with Crippen LogP contribution in [0.5, 0.6) is 0 Å². The molecular formula is C11H9FN2O2S. The fourth-order valence-electron chi connectivity index (χ4n) is 1.45. The molecule has 2 rings (SSSR count). The number of aromatic amines is 1. The lowest BCUT2D eigenvalue weighted by Crippen LogP contribution is -2.00. The van der Waals surface area contributed by atoms with Crippen molar-refractivity contribution in [2.75, 3.05) is 6.26 Å². The first-order chi connectivity index (χ1) is 8.13. The molecule has 2 N–H and O–H groups in total. The molecule has 88 valence electrons. The largest absolute Gasteiger partial charge is 0.477 e. The number of thioether (sulfide) groups is 1. The topological polar surface area (TPSA) is 66.0 Å². The van der Waals surface area contributed by atoms with Crippen LogP contribution in [0.3, 0.4) is 0 Å². The lowest BCUT2D eigenvalue weighted by Gasteiger charge is -1.99. The van der Waals surface area contributed by atoms with Crippen LogP contribution < -0.4 is 0 Å². The van der Waals surface area contributed by atoms with E-state index in [9.17, 15) is 9.18 Å². The van der Waals surface area contributed by atoms with Crippen LogP contribution in [0.2, 0.25) is 0 Å². The van der Waals surface area contributed by atoms with Crippen molar-refractivity contribution in [2.45, 2.75) is 5.16 Å². The Morgan fingerprint density at radius 2 is 2.18 bits per heavy atom. The SMILES string of the molecule is CSc1nc(-c2ccccc2F)c(C(=O)O)[nH]1. The van der Waals surface area contributed by atoms with Crippen LogP contribution in [0.1, 0.15) is 10.5 Å². The number of benzene rings is 1. The van der Waals surface area contributed by atoms with Gasteiger partial charge in [0.15, 0.2) is 10.9 Å². The number of carboxylic acids is 1. The van der Waals surface area contributed by atoms with Gasteiger partial charge in [-0.15, -0.1) is 0 Å². The summed E-state index contributed by atoms with van der Waals surface area (Å²) in [5.41, 5.74) is 0.209. The molecule has 0 unspecified atom stereocenters. The summed E-state index contributed by atoms with van der Waals surface area (Å²) in [6, 6.07) is 5.95. The van der Waals surface area contributed by atoms with Gasteiger partial charge in [-0.3, -0.25) is 0 Å². The molecule has 0 saturated carbocycles. The predicted molar refractivity (Wildman–Crippen MR) is 62.7 cm³/mol. The molecule has 0 aliphatic rings. The smallest absolute Gasteiger partial charge is 0.354 e. The lowest BCUT2D eigenvalue weighted by molar-refractivity contribution is 0.0691. The Kier molecular flexibility index (Phi) is 3.14. The molecule has 1 aromatic carbocycles. The van der Waals surface area contributed by atoms with E-state index in [2.05, 4.69) is 9.97 Å². The molecule has 2 aromatic rings. The van der Waals surface area contributed by atoms with Crippen molar-refractivity contribution < 1.29 is 14.3 Å². The molecule has 1 aromatic heterocycles. The second-order valence-electron chi connectivity index (χ2n) is 3.25. The summed E-state index contributed by atoms with van der Waals surface area (Å²) in [7, 11) is 0. The minimum Gasteiger partial charge on any atom is -0.477 e. The summed E-state index contributed by atoms with van der Waals surface area (Å²) in [5, 5.41) is 9.47. The molecule has 0 aliphatic carbocycles. The van der Waals surface area contributed by atoms with E-state index < -0.39 is 11.8 Å². The van der Waals surface area contributed by atoms with Crippen molar-refractivity contribution in [1.29, 1.82) is 0 Å². The Morgan fingerprint density at radius 1 is 1.47 bits per heavy atom. The van der Waals surface area contributed by atoms with Gasteiger partial charge in [0.1, 0.15) is 11.5 Å². The second-order valence-corrected chi connectivity index (χ2v) is 4.05. The molecule has 0 atom stereocenters. The number of imidazole rings is 1. The highest BCUT2D eigenvalue weighted by Gasteiger charge is 2.19. The Labute approximate surface area is 101 Å². The number of H-pyrrole nitrogens is 1.